The first-order valence-corrected chi connectivity index (χ1v) is 9.60. The van der Waals surface area contributed by atoms with E-state index in [4.69, 9.17) is 0 Å². The molecule has 0 N–H and O–H groups in total. The van der Waals surface area contributed by atoms with Crippen LogP contribution in [0.3, 0.4) is 0 Å². The Morgan fingerprint density at radius 3 is 2.74 bits per heavy atom. The Morgan fingerprint density at radius 1 is 1.09 bits per heavy atom. The minimum absolute atomic E-state index is 0.513. The molecule has 1 aromatic carbocycles. The first-order chi connectivity index (χ1) is 11.3. The maximum Gasteiger partial charge on any atom is 0.0367 e. The number of hydrogen-bond acceptors (Lipinski definition) is 3. The molecule has 0 amide bonds. The molecule has 124 valence electrons. The largest absolute Gasteiger partial charge is 0.369 e. The average molecular weight is 311 g/mol. The molecule has 3 atom stereocenters. The third-order valence-corrected chi connectivity index (χ3v) is 7.06. The van der Waals surface area contributed by atoms with Crippen molar-refractivity contribution in [1.82, 2.24) is 9.80 Å². The van der Waals surface area contributed by atoms with E-state index in [1.165, 1.54) is 70.8 Å². The van der Waals surface area contributed by atoms with Gasteiger partial charge in [0, 0.05) is 49.9 Å². The summed E-state index contributed by atoms with van der Waals surface area (Å²) in [5.41, 5.74) is 3.56. The first kappa shape index (κ1) is 14.3. The summed E-state index contributed by atoms with van der Waals surface area (Å²) in [5, 5.41) is 0. The van der Waals surface area contributed by atoms with Crippen molar-refractivity contribution in [1.29, 1.82) is 0 Å². The zero-order valence-electron chi connectivity index (χ0n) is 14.4. The van der Waals surface area contributed by atoms with Crippen LogP contribution in [0.5, 0.6) is 0 Å². The second kappa shape index (κ2) is 5.22. The number of piperazine rings is 1. The van der Waals surface area contributed by atoms with Crippen LogP contribution in [0.15, 0.2) is 24.3 Å². The molecule has 0 spiro atoms. The second-order valence-corrected chi connectivity index (χ2v) is 8.21. The first-order valence-electron chi connectivity index (χ1n) is 9.60. The van der Waals surface area contributed by atoms with Crippen LogP contribution in [0.25, 0.3) is 0 Å². The van der Waals surface area contributed by atoms with Gasteiger partial charge in [0.05, 0.1) is 0 Å². The summed E-state index contributed by atoms with van der Waals surface area (Å²) >= 11 is 0. The molecule has 0 aromatic heterocycles. The van der Waals surface area contributed by atoms with Crippen LogP contribution < -0.4 is 4.90 Å². The van der Waals surface area contributed by atoms with E-state index < -0.39 is 0 Å². The molecule has 1 aliphatic carbocycles. The Labute approximate surface area is 140 Å². The van der Waals surface area contributed by atoms with E-state index in [0.29, 0.717) is 5.41 Å². The van der Waals surface area contributed by atoms with Crippen molar-refractivity contribution in [2.24, 2.45) is 5.92 Å². The molecule has 3 heterocycles. The summed E-state index contributed by atoms with van der Waals surface area (Å²) < 4.78 is 0. The van der Waals surface area contributed by atoms with Gasteiger partial charge in [-0.05, 0) is 56.0 Å². The lowest BCUT2D eigenvalue weighted by atomic mass is 9.94. The van der Waals surface area contributed by atoms with Gasteiger partial charge in [0.1, 0.15) is 0 Å². The van der Waals surface area contributed by atoms with Crippen LogP contribution >= 0.6 is 0 Å². The third kappa shape index (κ3) is 2.24. The number of anilines is 1. The minimum atomic E-state index is 0.513. The van der Waals surface area contributed by atoms with Gasteiger partial charge in [0.2, 0.25) is 0 Å². The quantitative estimate of drug-likeness (QED) is 0.849. The molecule has 5 rings (SSSR count). The highest BCUT2D eigenvalue weighted by molar-refractivity contribution is 5.51. The SMILES string of the molecule is CCN1CC2CC2(c2ccc(N3CCN4CCCC4C3)cc2)C1. The van der Waals surface area contributed by atoms with Crippen LogP contribution in [0.4, 0.5) is 5.69 Å². The molecule has 0 radical (unpaired) electrons. The molecule has 3 saturated heterocycles. The molecule has 3 unspecified atom stereocenters. The van der Waals surface area contributed by atoms with E-state index in [9.17, 15) is 0 Å². The Balaban J connectivity index is 1.31. The summed E-state index contributed by atoms with van der Waals surface area (Å²) in [6.07, 6.45) is 4.21. The van der Waals surface area contributed by atoms with Gasteiger partial charge in [-0.3, -0.25) is 4.90 Å². The summed E-state index contributed by atoms with van der Waals surface area (Å²) in [4.78, 5) is 7.93. The van der Waals surface area contributed by atoms with Crippen LogP contribution in [-0.4, -0.2) is 61.7 Å². The van der Waals surface area contributed by atoms with Crippen LogP contribution in [0.1, 0.15) is 31.7 Å². The molecule has 3 aliphatic heterocycles. The highest BCUT2D eigenvalue weighted by atomic mass is 15.3. The Hall–Kier alpha value is -1.06. The number of piperidine rings is 1. The second-order valence-electron chi connectivity index (χ2n) is 8.21. The Morgan fingerprint density at radius 2 is 1.96 bits per heavy atom. The molecule has 1 aromatic rings. The van der Waals surface area contributed by atoms with Gasteiger partial charge in [0.25, 0.3) is 0 Å². The third-order valence-electron chi connectivity index (χ3n) is 7.06. The normalized spacial score (nSPS) is 37.0. The summed E-state index contributed by atoms with van der Waals surface area (Å²) in [5.74, 6) is 0.926. The zero-order chi connectivity index (χ0) is 15.4. The van der Waals surface area contributed by atoms with E-state index in [0.717, 1.165) is 12.0 Å². The Kier molecular flexibility index (Phi) is 3.24. The number of benzene rings is 1. The predicted octanol–water partition coefficient (Wildman–Crippen LogP) is 2.56. The molecule has 23 heavy (non-hydrogen) atoms. The molecule has 4 aliphatic rings. The fraction of sp³-hybridized carbons (Fsp3) is 0.700. The molecular formula is C20H29N3. The summed E-state index contributed by atoms with van der Waals surface area (Å²) in [7, 11) is 0. The van der Waals surface area contributed by atoms with Gasteiger partial charge in [-0.15, -0.1) is 0 Å². The van der Waals surface area contributed by atoms with Crippen molar-refractivity contribution in [2.75, 3.05) is 50.7 Å². The van der Waals surface area contributed by atoms with E-state index in [1.807, 2.05) is 0 Å². The smallest absolute Gasteiger partial charge is 0.0367 e. The summed E-state index contributed by atoms with van der Waals surface area (Å²) in [6.45, 7) is 11.1. The monoisotopic (exact) mass is 311 g/mol. The van der Waals surface area contributed by atoms with Crippen molar-refractivity contribution in [3.05, 3.63) is 29.8 Å². The molecule has 3 nitrogen and oxygen atoms in total. The lowest BCUT2D eigenvalue weighted by Crippen LogP contribution is -2.50. The molecule has 0 bridgehead atoms. The van der Waals surface area contributed by atoms with Gasteiger partial charge in [0.15, 0.2) is 0 Å². The maximum atomic E-state index is 2.69. The lowest BCUT2D eigenvalue weighted by molar-refractivity contribution is 0.231. The molecule has 3 heteroatoms. The van der Waals surface area contributed by atoms with Crippen molar-refractivity contribution in [3.63, 3.8) is 0 Å². The fourth-order valence-corrected chi connectivity index (χ4v) is 5.50. The topological polar surface area (TPSA) is 9.72 Å². The molecule has 4 fully saturated rings. The number of likely N-dealkylation sites (tertiary alicyclic amines) is 1. The van der Waals surface area contributed by atoms with E-state index >= 15 is 0 Å². The van der Waals surface area contributed by atoms with Gasteiger partial charge in [-0.25, -0.2) is 0 Å². The van der Waals surface area contributed by atoms with Crippen molar-refractivity contribution in [2.45, 2.75) is 37.6 Å². The van der Waals surface area contributed by atoms with E-state index in [-0.39, 0.29) is 0 Å². The van der Waals surface area contributed by atoms with Gasteiger partial charge >= 0.3 is 0 Å². The number of likely N-dealkylation sites (N-methyl/N-ethyl adjacent to an activating group) is 1. The van der Waals surface area contributed by atoms with Gasteiger partial charge in [-0.2, -0.15) is 0 Å². The average Bonchev–Trinajstić information content (AvgIpc) is 2.98. The van der Waals surface area contributed by atoms with Crippen LogP contribution in [0.2, 0.25) is 0 Å². The zero-order valence-corrected chi connectivity index (χ0v) is 14.4. The number of hydrogen-bond donors (Lipinski definition) is 0. The van der Waals surface area contributed by atoms with E-state index in [2.05, 4.69) is 45.9 Å². The van der Waals surface area contributed by atoms with Gasteiger partial charge in [-0.1, -0.05) is 19.1 Å². The Bertz CT molecular complexity index is 583. The maximum absolute atomic E-state index is 2.69. The van der Waals surface area contributed by atoms with E-state index in [1.54, 1.807) is 5.56 Å². The molecular weight excluding hydrogens is 282 g/mol. The highest BCUT2D eigenvalue weighted by Gasteiger charge is 2.60. The predicted molar refractivity (Wildman–Crippen MR) is 95.1 cm³/mol. The summed E-state index contributed by atoms with van der Waals surface area (Å²) in [6, 6.07) is 10.5. The van der Waals surface area contributed by atoms with Gasteiger partial charge < -0.3 is 9.80 Å². The van der Waals surface area contributed by atoms with Crippen molar-refractivity contribution < 1.29 is 0 Å². The van der Waals surface area contributed by atoms with Crippen LogP contribution in [0, 0.1) is 5.92 Å². The molecule has 1 saturated carbocycles. The lowest BCUT2D eigenvalue weighted by Gasteiger charge is -2.39. The van der Waals surface area contributed by atoms with Crippen LogP contribution in [-0.2, 0) is 5.41 Å². The number of nitrogens with zero attached hydrogens (tertiary/aromatic N) is 3. The number of rotatable bonds is 3. The highest BCUT2D eigenvalue weighted by Crippen LogP contribution is 2.59. The number of fused-ring (bicyclic) bond motifs is 2. The van der Waals surface area contributed by atoms with Crippen molar-refractivity contribution >= 4 is 5.69 Å². The standard InChI is InChI=1S/C20H29N3/c1-2-21-13-17-12-20(17,15-21)16-5-7-18(8-6-16)23-11-10-22-9-3-4-19(22)14-23/h5-8,17,19H,2-4,9-15H2,1H3. The minimum Gasteiger partial charge on any atom is -0.369 e. The van der Waals surface area contributed by atoms with Crippen molar-refractivity contribution in [3.8, 4) is 0 Å². The fourth-order valence-electron chi connectivity index (χ4n) is 5.50.